The Balaban J connectivity index is 0.000000251. The predicted octanol–water partition coefficient (Wildman–Crippen LogP) is 2.86. The number of carboxylic acid groups (broad SMARTS) is 1. The molecule has 0 aliphatic heterocycles. The van der Waals surface area contributed by atoms with E-state index in [1.165, 1.54) is 0 Å². The number of fused-ring (bicyclic) bond motifs is 2. The number of hydrogen-bond acceptors (Lipinski definition) is 8. The fourth-order valence-corrected chi connectivity index (χ4v) is 5.07. The average molecular weight is 641 g/mol. The summed E-state index contributed by atoms with van der Waals surface area (Å²) in [5.41, 5.74) is 4.26. The Bertz CT molecular complexity index is 2150. The predicted molar refractivity (Wildman–Crippen MR) is 179 cm³/mol. The van der Waals surface area contributed by atoms with Crippen LogP contribution in [0.4, 0.5) is 0 Å². The largest absolute Gasteiger partial charge is 1.00 e. The number of carbonyl (C=O) groups excluding carboxylic acids is 1. The Morgan fingerprint density at radius 1 is 0.667 bits per heavy atom. The van der Waals surface area contributed by atoms with Crippen molar-refractivity contribution in [3.05, 3.63) is 129 Å². The van der Waals surface area contributed by atoms with Crippen molar-refractivity contribution in [3.63, 3.8) is 0 Å². The van der Waals surface area contributed by atoms with Crippen molar-refractivity contribution in [2.75, 3.05) is 6.61 Å². The van der Waals surface area contributed by atoms with Crippen molar-refractivity contribution in [2.45, 2.75) is 32.6 Å². The topological polar surface area (TPSA) is 185 Å². The van der Waals surface area contributed by atoms with Crippen LogP contribution >= 0.6 is 0 Å². The van der Waals surface area contributed by atoms with Crippen molar-refractivity contribution in [3.8, 4) is 22.5 Å². The Kier molecular flexibility index (Phi) is 12.7. The zero-order chi connectivity index (χ0) is 32.8. The van der Waals surface area contributed by atoms with E-state index in [1.807, 2.05) is 73.7 Å². The molecule has 48 heavy (non-hydrogen) atoms. The second kappa shape index (κ2) is 16.5. The molecule has 0 fully saturated rings. The summed E-state index contributed by atoms with van der Waals surface area (Å²) in [5, 5.41) is 25.1. The van der Waals surface area contributed by atoms with E-state index in [-0.39, 0.29) is 47.3 Å². The van der Waals surface area contributed by atoms with Gasteiger partial charge in [0.15, 0.2) is 0 Å². The quantitative estimate of drug-likeness (QED) is 0.174. The van der Waals surface area contributed by atoms with Crippen molar-refractivity contribution in [2.24, 2.45) is 0 Å². The second-order valence-corrected chi connectivity index (χ2v) is 10.7. The number of nitrogens with one attached hydrogen (secondary N) is 2. The minimum absolute atomic E-state index is 0. The van der Waals surface area contributed by atoms with E-state index in [2.05, 4.69) is 20.4 Å². The van der Waals surface area contributed by atoms with Crippen molar-refractivity contribution < 1.29 is 43.8 Å². The fourth-order valence-electron chi connectivity index (χ4n) is 5.07. The summed E-state index contributed by atoms with van der Waals surface area (Å²) >= 11 is 0. The van der Waals surface area contributed by atoms with Gasteiger partial charge in [0.2, 0.25) is 0 Å². The van der Waals surface area contributed by atoms with Gasteiger partial charge in [-0.1, -0.05) is 84.9 Å². The first-order valence-electron chi connectivity index (χ1n) is 14.7. The molecule has 12 heteroatoms. The number of rotatable bonds is 7. The molecule has 0 amide bonds. The molecule has 6 aromatic rings. The van der Waals surface area contributed by atoms with E-state index in [0.717, 1.165) is 33.0 Å². The molecule has 0 saturated heterocycles. The summed E-state index contributed by atoms with van der Waals surface area (Å²) < 4.78 is 5.05. The van der Waals surface area contributed by atoms with Gasteiger partial charge in [-0.2, -0.15) is 10.2 Å². The van der Waals surface area contributed by atoms with E-state index >= 15 is 0 Å². The number of aliphatic carboxylic acids is 1. The third kappa shape index (κ3) is 7.95. The van der Waals surface area contributed by atoms with Crippen molar-refractivity contribution >= 4 is 33.5 Å². The maximum atomic E-state index is 11.9. The number of nitrogens with zero attached hydrogens (tertiary/aromatic N) is 2. The smallest absolute Gasteiger partial charge is 0.870 e. The molecule has 0 bridgehead atoms. The molecular weight excluding hydrogens is 607 g/mol. The Morgan fingerprint density at radius 3 is 1.42 bits per heavy atom. The van der Waals surface area contributed by atoms with Crippen LogP contribution in [-0.4, -0.2) is 49.5 Å². The summed E-state index contributed by atoms with van der Waals surface area (Å²) in [7, 11) is 0. The molecule has 0 saturated carbocycles. The van der Waals surface area contributed by atoms with E-state index in [0.29, 0.717) is 28.8 Å². The molecular formula is C36H33LiN4O7. The summed E-state index contributed by atoms with van der Waals surface area (Å²) in [4.78, 5) is 46.5. The summed E-state index contributed by atoms with van der Waals surface area (Å²) in [6, 6.07) is 29.4. The maximum Gasteiger partial charge on any atom is 1.00 e. The van der Waals surface area contributed by atoms with Gasteiger partial charge in [0.1, 0.15) is 0 Å². The first-order chi connectivity index (χ1) is 22.2. The number of ether oxygens (including phenoxy) is 1. The van der Waals surface area contributed by atoms with E-state index in [4.69, 9.17) is 9.84 Å². The number of aromatic amines is 2. The van der Waals surface area contributed by atoms with Crippen LogP contribution in [0.25, 0.3) is 44.1 Å². The summed E-state index contributed by atoms with van der Waals surface area (Å²) in [5.74, 6) is -1.98. The van der Waals surface area contributed by atoms with Crippen LogP contribution < -0.4 is 30.0 Å². The molecule has 0 radical (unpaired) electrons. The van der Waals surface area contributed by atoms with Crippen LogP contribution in [0, 0.1) is 0 Å². The Hall–Kier alpha value is -5.34. The molecule has 6 rings (SSSR count). The normalized spacial score (nSPS) is 11.6. The monoisotopic (exact) mass is 640 g/mol. The number of carboxylic acids is 1. The maximum absolute atomic E-state index is 11.9. The molecule has 11 nitrogen and oxygen atoms in total. The molecule has 0 spiro atoms. The minimum Gasteiger partial charge on any atom is -0.870 e. The summed E-state index contributed by atoms with van der Waals surface area (Å²) in [6.07, 6.45) is 0. The third-order valence-electron chi connectivity index (χ3n) is 7.77. The number of aromatic nitrogens is 4. The first-order valence-corrected chi connectivity index (χ1v) is 14.7. The third-order valence-corrected chi connectivity index (χ3v) is 7.77. The molecule has 4 aromatic carbocycles. The molecule has 2 heterocycles. The van der Waals surface area contributed by atoms with Crippen LogP contribution in [0.15, 0.2) is 107 Å². The van der Waals surface area contributed by atoms with Gasteiger partial charge in [0, 0.05) is 21.9 Å². The average Bonchev–Trinajstić information content (AvgIpc) is 3.09. The van der Waals surface area contributed by atoms with Gasteiger partial charge >= 0.3 is 30.8 Å². The zero-order valence-electron chi connectivity index (χ0n) is 26.9. The van der Waals surface area contributed by atoms with Crippen LogP contribution in [0.2, 0.25) is 0 Å². The number of hydrogen-bond donors (Lipinski definition) is 3. The van der Waals surface area contributed by atoms with Crippen LogP contribution in [0.3, 0.4) is 0 Å². The number of carbonyl (C=O) groups is 2. The van der Waals surface area contributed by atoms with Gasteiger partial charge in [0.25, 0.3) is 11.1 Å². The molecule has 0 aliphatic rings. The molecule has 2 atom stereocenters. The van der Waals surface area contributed by atoms with Crippen LogP contribution in [0.1, 0.15) is 43.7 Å². The van der Waals surface area contributed by atoms with Crippen LogP contribution in [0.5, 0.6) is 0 Å². The molecule has 2 unspecified atom stereocenters. The molecule has 0 aliphatic carbocycles. The number of esters is 1. The van der Waals surface area contributed by atoms with Crippen LogP contribution in [-0.2, 0) is 14.3 Å². The minimum atomic E-state index is -0.861. The Labute approximate surface area is 287 Å². The summed E-state index contributed by atoms with van der Waals surface area (Å²) in [6.45, 7) is 5.63. The standard InChI is InChI=1S/C19H18N2O3.C17H14N2O3.Li.H2O/c1-3-24-19(23)12(2)13-8-10-14(11-9-13)17-15-6-4-5-7-16(15)18(22)21-20-17;1-10(17(21)22)11-6-8-12(9-7-11)15-13-4-2-3-5-14(13)16(20)19-18-15;;/h4-12H,3H2,1-2H3,(H,21,22);2-10H,1H3,(H,19,20)(H,21,22);;1H2/q;;+1;/p-1. The van der Waals surface area contributed by atoms with Gasteiger partial charge in [0.05, 0.1) is 40.6 Å². The van der Waals surface area contributed by atoms with Crippen molar-refractivity contribution in [1.29, 1.82) is 0 Å². The first kappa shape index (κ1) is 37.1. The number of H-pyrrole nitrogens is 2. The van der Waals surface area contributed by atoms with Crippen molar-refractivity contribution in [1.82, 2.24) is 20.4 Å². The van der Waals surface area contributed by atoms with Gasteiger partial charge in [-0.15, -0.1) is 0 Å². The fraction of sp³-hybridized carbons (Fsp3) is 0.167. The van der Waals surface area contributed by atoms with E-state index in [9.17, 15) is 19.2 Å². The zero-order valence-corrected chi connectivity index (χ0v) is 26.9. The van der Waals surface area contributed by atoms with E-state index in [1.54, 1.807) is 44.2 Å². The Morgan fingerprint density at radius 2 is 1.04 bits per heavy atom. The van der Waals surface area contributed by atoms with E-state index < -0.39 is 11.9 Å². The molecule has 240 valence electrons. The molecule has 2 aromatic heterocycles. The number of benzene rings is 4. The van der Waals surface area contributed by atoms with Gasteiger partial charge < -0.3 is 15.3 Å². The SMILES string of the molecule is CC(C(=O)O)c1ccc(-c2n[nH]c(=O)c3ccccc23)cc1.CCOC(=O)C(C)c1ccc(-c2n[nH]c(=O)c3ccccc23)cc1.[Li+].[OH-]. The second-order valence-electron chi connectivity index (χ2n) is 10.7. The van der Waals surface area contributed by atoms with Gasteiger partial charge in [-0.3, -0.25) is 19.2 Å². The van der Waals surface area contributed by atoms with Gasteiger partial charge in [-0.25, -0.2) is 10.2 Å². The molecule has 4 N–H and O–H groups in total. The van der Waals surface area contributed by atoms with Gasteiger partial charge in [-0.05, 0) is 44.0 Å².